The minimum Gasteiger partial charge on any atom is -0.450 e. The van der Waals surface area contributed by atoms with Crippen molar-refractivity contribution in [3.63, 3.8) is 0 Å². The summed E-state index contributed by atoms with van der Waals surface area (Å²) in [5.41, 5.74) is 1.89. The quantitative estimate of drug-likeness (QED) is 0.903. The van der Waals surface area contributed by atoms with Crippen LogP contribution in [0.3, 0.4) is 0 Å². The van der Waals surface area contributed by atoms with Crippen molar-refractivity contribution in [1.82, 2.24) is 9.80 Å². The highest BCUT2D eigenvalue weighted by atomic mass is 16.6. The van der Waals surface area contributed by atoms with Crippen molar-refractivity contribution >= 4 is 17.8 Å². The molecule has 0 aliphatic carbocycles. The van der Waals surface area contributed by atoms with Gasteiger partial charge in [-0.15, -0.1) is 0 Å². The molecule has 6 heteroatoms. The summed E-state index contributed by atoms with van der Waals surface area (Å²) in [5, 5.41) is 3.01. The van der Waals surface area contributed by atoms with Gasteiger partial charge in [-0.2, -0.15) is 0 Å². The van der Waals surface area contributed by atoms with Crippen LogP contribution >= 0.6 is 0 Å². The predicted molar refractivity (Wildman–Crippen MR) is 94.3 cm³/mol. The summed E-state index contributed by atoms with van der Waals surface area (Å²) < 4.78 is 4.99. The van der Waals surface area contributed by atoms with Crippen LogP contribution in [0.2, 0.25) is 0 Å². The van der Waals surface area contributed by atoms with E-state index in [-0.39, 0.29) is 17.5 Å². The number of nitrogens with zero attached hydrogens (tertiary/aromatic N) is 2. The van der Waals surface area contributed by atoms with Gasteiger partial charge in [0.2, 0.25) is 0 Å². The smallest absolute Gasteiger partial charge is 0.409 e. The zero-order valence-corrected chi connectivity index (χ0v) is 15.0. The molecule has 1 saturated heterocycles. The largest absolute Gasteiger partial charge is 0.450 e. The van der Waals surface area contributed by atoms with E-state index in [1.807, 2.05) is 24.3 Å². The summed E-state index contributed by atoms with van der Waals surface area (Å²) in [6, 6.07) is 7.73. The summed E-state index contributed by atoms with van der Waals surface area (Å²) in [5.74, 6) is 0. The highest BCUT2D eigenvalue weighted by Crippen LogP contribution is 2.29. The lowest BCUT2D eigenvalue weighted by atomic mass is 9.86. The van der Waals surface area contributed by atoms with Gasteiger partial charge in [-0.05, 0) is 24.0 Å². The molecule has 132 valence electrons. The number of carbonyl (C=O) groups is 2. The standard InChI is InChI=1S/C18H27N3O3/c1-5-24-17(23)21-12-10-20(11-13-21)16(22)19-15-9-7-6-8-14(15)18(2,3)4/h6-9H,5,10-13H2,1-4H3,(H,19,22). The van der Waals surface area contributed by atoms with Crippen molar-refractivity contribution in [3.05, 3.63) is 29.8 Å². The molecule has 0 saturated carbocycles. The Morgan fingerprint density at radius 3 is 2.25 bits per heavy atom. The maximum Gasteiger partial charge on any atom is 0.409 e. The number of hydrogen-bond acceptors (Lipinski definition) is 3. The van der Waals surface area contributed by atoms with E-state index in [1.165, 1.54) is 0 Å². The number of amides is 3. The average molecular weight is 333 g/mol. The normalized spacial score (nSPS) is 15.2. The van der Waals surface area contributed by atoms with Crippen LogP contribution in [0.25, 0.3) is 0 Å². The van der Waals surface area contributed by atoms with Crippen LogP contribution in [-0.4, -0.2) is 54.7 Å². The number of urea groups is 1. The SMILES string of the molecule is CCOC(=O)N1CCN(C(=O)Nc2ccccc2C(C)(C)C)CC1. The van der Waals surface area contributed by atoms with E-state index in [0.29, 0.717) is 32.8 Å². The molecule has 1 aliphatic heterocycles. The molecule has 24 heavy (non-hydrogen) atoms. The van der Waals surface area contributed by atoms with Crippen LogP contribution < -0.4 is 5.32 Å². The molecular formula is C18H27N3O3. The lowest BCUT2D eigenvalue weighted by Gasteiger charge is -2.34. The van der Waals surface area contributed by atoms with Crippen LogP contribution in [0.1, 0.15) is 33.3 Å². The fourth-order valence-corrected chi connectivity index (χ4v) is 2.75. The fraction of sp³-hybridized carbons (Fsp3) is 0.556. The molecule has 0 spiro atoms. The monoisotopic (exact) mass is 333 g/mol. The second kappa shape index (κ2) is 7.55. The number of para-hydroxylation sites is 1. The van der Waals surface area contributed by atoms with Crippen molar-refractivity contribution in [1.29, 1.82) is 0 Å². The highest BCUT2D eigenvalue weighted by molar-refractivity contribution is 5.90. The Labute approximate surface area is 143 Å². The number of hydrogen-bond donors (Lipinski definition) is 1. The predicted octanol–water partition coefficient (Wildman–Crippen LogP) is 3.29. The van der Waals surface area contributed by atoms with Gasteiger partial charge in [-0.25, -0.2) is 9.59 Å². The van der Waals surface area contributed by atoms with E-state index >= 15 is 0 Å². The van der Waals surface area contributed by atoms with Gasteiger partial charge in [0.05, 0.1) is 6.61 Å². The van der Waals surface area contributed by atoms with Crippen LogP contribution in [-0.2, 0) is 10.2 Å². The van der Waals surface area contributed by atoms with Gasteiger partial charge in [0, 0.05) is 31.9 Å². The van der Waals surface area contributed by atoms with E-state index in [1.54, 1.807) is 16.7 Å². The number of carbonyl (C=O) groups excluding carboxylic acids is 2. The van der Waals surface area contributed by atoms with E-state index in [4.69, 9.17) is 4.74 Å². The third-order valence-electron chi connectivity index (χ3n) is 4.07. The van der Waals surface area contributed by atoms with Crippen LogP contribution in [0, 0.1) is 0 Å². The Kier molecular flexibility index (Phi) is 5.70. The topological polar surface area (TPSA) is 61.9 Å². The maximum atomic E-state index is 12.5. The second-order valence-electron chi connectivity index (χ2n) is 6.90. The molecule has 0 atom stereocenters. The molecule has 1 heterocycles. The average Bonchev–Trinajstić information content (AvgIpc) is 2.54. The third kappa shape index (κ3) is 4.40. The van der Waals surface area contributed by atoms with Gasteiger partial charge >= 0.3 is 12.1 Å². The van der Waals surface area contributed by atoms with E-state index < -0.39 is 0 Å². The van der Waals surface area contributed by atoms with E-state index in [9.17, 15) is 9.59 Å². The molecule has 1 N–H and O–H groups in total. The Bertz CT molecular complexity index is 587. The van der Waals surface area contributed by atoms with E-state index in [2.05, 4.69) is 26.1 Å². The first-order valence-electron chi connectivity index (χ1n) is 8.40. The number of rotatable bonds is 2. The van der Waals surface area contributed by atoms with Gasteiger partial charge in [0.15, 0.2) is 0 Å². The van der Waals surface area contributed by atoms with Crippen molar-refractivity contribution in [3.8, 4) is 0 Å². The zero-order chi connectivity index (χ0) is 17.7. The first kappa shape index (κ1) is 18.1. The third-order valence-corrected chi connectivity index (χ3v) is 4.07. The van der Waals surface area contributed by atoms with E-state index in [0.717, 1.165) is 11.3 Å². The van der Waals surface area contributed by atoms with Gasteiger partial charge in [0.25, 0.3) is 0 Å². The lowest BCUT2D eigenvalue weighted by molar-refractivity contribution is 0.0868. The summed E-state index contributed by atoms with van der Waals surface area (Å²) in [6.07, 6.45) is -0.310. The molecule has 1 fully saturated rings. The van der Waals surface area contributed by atoms with Gasteiger partial charge < -0.3 is 19.9 Å². The Balaban J connectivity index is 1.97. The second-order valence-corrected chi connectivity index (χ2v) is 6.90. The molecule has 2 rings (SSSR count). The van der Waals surface area contributed by atoms with Gasteiger partial charge in [-0.1, -0.05) is 39.0 Å². The number of ether oxygens (including phenoxy) is 1. The Morgan fingerprint density at radius 2 is 1.67 bits per heavy atom. The molecule has 1 aromatic carbocycles. The Morgan fingerprint density at radius 1 is 1.08 bits per heavy atom. The van der Waals surface area contributed by atoms with Crippen molar-refractivity contribution in [2.45, 2.75) is 33.1 Å². The van der Waals surface area contributed by atoms with Crippen LogP contribution in [0.5, 0.6) is 0 Å². The highest BCUT2D eigenvalue weighted by Gasteiger charge is 2.26. The van der Waals surface area contributed by atoms with Crippen molar-refractivity contribution in [2.75, 3.05) is 38.1 Å². The first-order valence-corrected chi connectivity index (χ1v) is 8.40. The molecule has 0 unspecified atom stereocenters. The van der Waals surface area contributed by atoms with Crippen molar-refractivity contribution in [2.24, 2.45) is 0 Å². The molecule has 1 aromatic rings. The van der Waals surface area contributed by atoms with Gasteiger partial charge in [-0.3, -0.25) is 0 Å². The summed E-state index contributed by atoms with van der Waals surface area (Å²) in [7, 11) is 0. The van der Waals surface area contributed by atoms with Crippen LogP contribution in [0.4, 0.5) is 15.3 Å². The summed E-state index contributed by atoms with van der Waals surface area (Å²) in [4.78, 5) is 27.6. The zero-order valence-electron chi connectivity index (χ0n) is 15.0. The number of anilines is 1. The number of piperazine rings is 1. The first-order chi connectivity index (χ1) is 11.3. The minimum absolute atomic E-state index is 0.0491. The number of nitrogens with one attached hydrogen (secondary N) is 1. The fourth-order valence-electron chi connectivity index (χ4n) is 2.75. The van der Waals surface area contributed by atoms with Crippen LogP contribution in [0.15, 0.2) is 24.3 Å². The maximum absolute atomic E-state index is 12.5. The molecule has 6 nitrogen and oxygen atoms in total. The lowest BCUT2D eigenvalue weighted by Crippen LogP contribution is -2.51. The summed E-state index contributed by atoms with van der Waals surface area (Å²) >= 11 is 0. The Hall–Kier alpha value is -2.24. The molecular weight excluding hydrogens is 306 g/mol. The summed E-state index contributed by atoms with van der Waals surface area (Å²) in [6.45, 7) is 10.5. The number of benzene rings is 1. The molecule has 0 bridgehead atoms. The molecule has 0 radical (unpaired) electrons. The molecule has 1 aliphatic rings. The van der Waals surface area contributed by atoms with Crippen molar-refractivity contribution < 1.29 is 14.3 Å². The van der Waals surface area contributed by atoms with Gasteiger partial charge in [0.1, 0.15) is 0 Å². The molecule has 0 aromatic heterocycles. The molecule has 3 amide bonds. The minimum atomic E-state index is -0.310.